The Kier molecular flexibility index (Phi) is 9.03. The molecule has 1 atom stereocenters. The first-order valence-electron chi connectivity index (χ1n) is 10.7. The second kappa shape index (κ2) is 11.7. The maximum Gasteiger partial charge on any atom is 0.233 e. The van der Waals surface area contributed by atoms with Crippen molar-refractivity contribution in [3.63, 3.8) is 0 Å². The minimum atomic E-state index is -0.252. The van der Waals surface area contributed by atoms with Crippen molar-refractivity contribution in [1.29, 1.82) is 0 Å². The summed E-state index contributed by atoms with van der Waals surface area (Å²) >= 11 is 7.83. The van der Waals surface area contributed by atoms with Gasteiger partial charge in [-0.15, -0.1) is 10.2 Å². The lowest BCUT2D eigenvalue weighted by atomic mass is 9.89. The number of rotatable bonds is 10. The van der Waals surface area contributed by atoms with Gasteiger partial charge in [-0.3, -0.25) is 4.79 Å². The molecule has 6 nitrogen and oxygen atoms in total. The SMILES string of the molecule is COCCCn1c(SC(C)C(=O)NCC2CCCCC2)nnc1-c1ccccc1Cl. The Balaban J connectivity index is 1.69. The molecule has 1 aliphatic carbocycles. The molecular weight excluding hydrogens is 420 g/mol. The highest BCUT2D eigenvalue weighted by atomic mass is 35.5. The molecule has 3 rings (SSSR count). The molecule has 8 heteroatoms. The van der Waals surface area contributed by atoms with Crippen LogP contribution in [0.5, 0.6) is 0 Å². The van der Waals surface area contributed by atoms with Crippen molar-refractivity contribution in [3.8, 4) is 11.4 Å². The Hall–Kier alpha value is -1.57. The van der Waals surface area contributed by atoms with Gasteiger partial charge in [0.15, 0.2) is 11.0 Å². The fraction of sp³-hybridized carbons (Fsp3) is 0.591. The Morgan fingerprint density at radius 2 is 2.07 bits per heavy atom. The molecule has 30 heavy (non-hydrogen) atoms. The number of halogens is 1. The van der Waals surface area contributed by atoms with Crippen molar-refractivity contribution < 1.29 is 9.53 Å². The second-order valence-corrected chi connectivity index (χ2v) is 9.51. The predicted octanol–water partition coefficient (Wildman–Crippen LogP) is 4.81. The summed E-state index contributed by atoms with van der Waals surface area (Å²) in [5.74, 6) is 1.38. The van der Waals surface area contributed by atoms with Gasteiger partial charge in [0.1, 0.15) is 0 Å². The van der Waals surface area contributed by atoms with Gasteiger partial charge in [0.2, 0.25) is 5.91 Å². The third-order valence-electron chi connectivity index (χ3n) is 5.50. The number of carbonyl (C=O) groups excluding carboxylic acids is 1. The first-order valence-corrected chi connectivity index (χ1v) is 12.0. The molecule has 1 aromatic carbocycles. The summed E-state index contributed by atoms with van der Waals surface area (Å²) in [6, 6.07) is 7.61. The molecule has 0 bridgehead atoms. The van der Waals surface area contributed by atoms with E-state index >= 15 is 0 Å². The highest BCUT2D eigenvalue weighted by molar-refractivity contribution is 8.00. The van der Waals surface area contributed by atoms with Crippen LogP contribution < -0.4 is 5.32 Å². The smallest absolute Gasteiger partial charge is 0.233 e. The molecule has 1 fully saturated rings. The van der Waals surface area contributed by atoms with Crippen molar-refractivity contribution in [2.75, 3.05) is 20.3 Å². The van der Waals surface area contributed by atoms with Gasteiger partial charge in [-0.2, -0.15) is 0 Å². The average molecular weight is 451 g/mol. The molecule has 1 aliphatic rings. The minimum absolute atomic E-state index is 0.0521. The van der Waals surface area contributed by atoms with E-state index in [9.17, 15) is 4.79 Å². The Labute approximate surface area is 188 Å². The molecule has 0 radical (unpaired) electrons. The fourth-order valence-corrected chi connectivity index (χ4v) is 4.90. The normalized spacial score (nSPS) is 15.8. The quantitative estimate of drug-likeness (QED) is 0.415. The van der Waals surface area contributed by atoms with Gasteiger partial charge >= 0.3 is 0 Å². The number of methoxy groups -OCH3 is 1. The zero-order valence-electron chi connectivity index (χ0n) is 17.8. The predicted molar refractivity (Wildman–Crippen MR) is 122 cm³/mol. The lowest BCUT2D eigenvalue weighted by Crippen LogP contribution is -2.35. The van der Waals surface area contributed by atoms with Crippen LogP contribution in [0.25, 0.3) is 11.4 Å². The van der Waals surface area contributed by atoms with E-state index in [1.54, 1.807) is 7.11 Å². The van der Waals surface area contributed by atoms with E-state index in [0.29, 0.717) is 29.9 Å². The number of carbonyl (C=O) groups is 1. The molecule has 1 amide bonds. The van der Waals surface area contributed by atoms with E-state index in [1.165, 1.54) is 43.9 Å². The summed E-state index contributed by atoms with van der Waals surface area (Å²) in [7, 11) is 1.69. The molecule has 0 saturated heterocycles. The first kappa shape index (κ1) is 23.1. The van der Waals surface area contributed by atoms with Gasteiger partial charge in [0.05, 0.1) is 10.3 Å². The molecule has 1 aromatic heterocycles. The van der Waals surface area contributed by atoms with Crippen LogP contribution in [0.2, 0.25) is 5.02 Å². The van der Waals surface area contributed by atoms with E-state index in [-0.39, 0.29) is 11.2 Å². The third kappa shape index (κ3) is 6.22. The summed E-state index contributed by atoms with van der Waals surface area (Å²) in [6.45, 7) is 4.03. The van der Waals surface area contributed by atoms with E-state index in [0.717, 1.165) is 23.7 Å². The molecule has 0 aliphatic heterocycles. The summed E-state index contributed by atoms with van der Waals surface area (Å²) in [5, 5.41) is 13.0. The maximum absolute atomic E-state index is 12.7. The van der Waals surface area contributed by atoms with E-state index in [4.69, 9.17) is 16.3 Å². The first-order chi connectivity index (χ1) is 14.6. The van der Waals surface area contributed by atoms with Crippen LogP contribution in [0, 0.1) is 5.92 Å². The minimum Gasteiger partial charge on any atom is -0.385 e. The van der Waals surface area contributed by atoms with Crippen LogP contribution in [0.3, 0.4) is 0 Å². The summed E-state index contributed by atoms with van der Waals surface area (Å²) < 4.78 is 7.24. The van der Waals surface area contributed by atoms with Gasteiger partial charge in [-0.05, 0) is 44.2 Å². The van der Waals surface area contributed by atoms with Gasteiger partial charge in [0, 0.05) is 32.4 Å². The molecule has 1 saturated carbocycles. The van der Waals surface area contributed by atoms with Crippen molar-refractivity contribution in [1.82, 2.24) is 20.1 Å². The van der Waals surface area contributed by atoms with Gasteiger partial charge < -0.3 is 14.6 Å². The lowest BCUT2D eigenvalue weighted by Gasteiger charge is -2.22. The molecule has 2 aromatic rings. The highest BCUT2D eigenvalue weighted by Crippen LogP contribution is 2.31. The van der Waals surface area contributed by atoms with E-state index in [2.05, 4.69) is 15.5 Å². The number of amides is 1. The van der Waals surface area contributed by atoms with Gasteiger partial charge in [0.25, 0.3) is 0 Å². The highest BCUT2D eigenvalue weighted by Gasteiger charge is 2.22. The number of nitrogens with one attached hydrogen (secondary N) is 1. The zero-order valence-corrected chi connectivity index (χ0v) is 19.3. The van der Waals surface area contributed by atoms with Crippen LogP contribution >= 0.6 is 23.4 Å². The van der Waals surface area contributed by atoms with Gasteiger partial charge in [-0.1, -0.05) is 54.8 Å². The number of hydrogen-bond acceptors (Lipinski definition) is 5. The number of hydrogen-bond donors (Lipinski definition) is 1. The van der Waals surface area contributed by atoms with Crippen molar-refractivity contribution in [2.24, 2.45) is 5.92 Å². The molecule has 1 N–H and O–H groups in total. The average Bonchev–Trinajstić information content (AvgIpc) is 3.15. The van der Waals surface area contributed by atoms with E-state index in [1.807, 2.05) is 35.8 Å². The monoisotopic (exact) mass is 450 g/mol. The van der Waals surface area contributed by atoms with Crippen LogP contribution in [0.1, 0.15) is 45.4 Å². The lowest BCUT2D eigenvalue weighted by molar-refractivity contribution is -0.120. The number of thioether (sulfide) groups is 1. The Morgan fingerprint density at radius 1 is 1.30 bits per heavy atom. The Bertz CT molecular complexity index is 823. The standard InChI is InChI=1S/C22H31ClN4O2S/c1-16(21(28)24-15-17-9-4-3-5-10-17)30-22-26-25-20(27(22)13-8-14-29-2)18-11-6-7-12-19(18)23/h6-7,11-12,16-17H,3-5,8-10,13-15H2,1-2H3,(H,24,28). The van der Waals surface area contributed by atoms with Crippen LogP contribution in [0.4, 0.5) is 0 Å². The third-order valence-corrected chi connectivity index (χ3v) is 6.91. The van der Waals surface area contributed by atoms with Crippen LogP contribution in [-0.2, 0) is 16.1 Å². The fourth-order valence-electron chi connectivity index (χ4n) is 3.78. The number of nitrogens with zero attached hydrogens (tertiary/aromatic N) is 3. The molecule has 1 heterocycles. The largest absolute Gasteiger partial charge is 0.385 e. The van der Waals surface area contributed by atoms with Crippen molar-refractivity contribution in [3.05, 3.63) is 29.3 Å². The number of aromatic nitrogens is 3. The van der Waals surface area contributed by atoms with Crippen LogP contribution in [-0.4, -0.2) is 46.2 Å². The summed E-state index contributed by atoms with van der Waals surface area (Å²) in [5.41, 5.74) is 0.838. The van der Waals surface area contributed by atoms with Crippen molar-refractivity contribution >= 4 is 29.3 Å². The van der Waals surface area contributed by atoms with Crippen LogP contribution in [0.15, 0.2) is 29.4 Å². The molecular formula is C22H31ClN4O2S. The summed E-state index contributed by atoms with van der Waals surface area (Å²) in [4.78, 5) is 12.7. The zero-order chi connectivity index (χ0) is 21.3. The van der Waals surface area contributed by atoms with Crippen molar-refractivity contribution in [2.45, 2.75) is 62.4 Å². The molecule has 164 valence electrons. The van der Waals surface area contributed by atoms with Gasteiger partial charge in [-0.25, -0.2) is 0 Å². The molecule has 1 unspecified atom stereocenters. The topological polar surface area (TPSA) is 69.0 Å². The molecule has 0 spiro atoms. The number of benzene rings is 1. The van der Waals surface area contributed by atoms with E-state index < -0.39 is 0 Å². The Morgan fingerprint density at radius 3 is 2.80 bits per heavy atom. The maximum atomic E-state index is 12.7. The second-order valence-electron chi connectivity index (χ2n) is 7.79. The summed E-state index contributed by atoms with van der Waals surface area (Å²) in [6.07, 6.45) is 7.14. The number of ether oxygens (including phenoxy) is 1.